The number of anilines is 1. The average Bonchev–Trinajstić information content (AvgIpc) is 2.46. The van der Waals surface area contributed by atoms with Gasteiger partial charge in [-0.15, -0.1) is 0 Å². The van der Waals surface area contributed by atoms with E-state index in [1.54, 1.807) is 0 Å². The van der Waals surface area contributed by atoms with Crippen molar-refractivity contribution in [1.82, 2.24) is 15.0 Å². The zero-order chi connectivity index (χ0) is 13.9. The lowest BCUT2D eigenvalue weighted by molar-refractivity contribution is 0.171. The summed E-state index contributed by atoms with van der Waals surface area (Å²) in [6.07, 6.45) is 0. The predicted octanol–water partition coefficient (Wildman–Crippen LogP) is 1.29. The zero-order valence-electron chi connectivity index (χ0n) is 11.0. The second-order valence-corrected chi connectivity index (χ2v) is 4.09. The zero-order valence-corrected chi connectivity index (χ0v) is 11.0. The van der Waals surface area contributed by atoms with E-state index < -0.39 is 0 Å². The Morgan fingerprint density at radius 2 is 1.95 bits per heavy atom. The van der Waals surface area contributed by atoms with Crippen LogP contribution in [0.1, 0.15) is 6.92 Å². The number of ether oxygens (including phenoxy) is 3. The van der Waals surface area contributed by atoms with Gasteiger partial charge in [-0.25, -0.2) is 0 Å². The van der Waals surface area contributed by atoms with Crippen molar-refractivity contribution in [3.63, 3.8) is 0 Å². The molecule has 2 aromatic rings. The van der Waals surface area contributed by atoms with Crippen molar-refractivity contribution < 1.29 is 14.2 Å². The highest BCUT2D eigenvalue weighted by molar-refractivity contribution is 5.62. The van der Waals surface area contributed by atoms with Crippen molar-refractivity contribution in [2.45, 2.75) is 6.92 Å². The minimum absolute atomic E-state index is 0.119. The second kappa shape index (κ2) is 5.20. The minimum atomic E-state index is 0.119. The molecule has 0 unspecified atom stereocenters. The van der Waals surface area contributed by atoms with Gasteiger partial charge in [-0.3, -0.25) is 0 Å². The lowest BCUT2D eigenvalue weighted by Crippen LogP contribution is -2.15. The molecule has 1 aromatic carbocycles. The molecular weight excluding hydrogens is 260 g/mol. The van der Waals surface area contributed by atoms with Crippen LogP contribution in [0.3, 0.4) is 0 Å². The van der Waals surface area contributed by atoms with Gasteiger partial charge in [0.1, 0.15) is 13.2 Å². The molecule has 20 heavy (non-hydrogen) atoms. The molecule has 0 saturated heterocycles. The van der Waals surface area contributed by atoms with E-state index in [-0.39, 0.29) is 12.0 Å². The van der Waals surface area contributed by atoms with Gasteiger partial charge in [-0.2, -0.15) is 15.0 Å². The molecule has 2 N–H and O–H groups in total. The maximum absolute atomic E-state index is 5.67. The van der Waals surface area contributed by atoms with Crippen LogP contribution in [-0.4, -0.2) is 34.8 Å². The summed E-state index contributed by atoms with van der Waals surface area (Å²) >= 11 is 0. The van der Waals surface area contributed by atoms with Crippen LogP contribution < -0.4 is 19.9 Å². The third-order valence-corrected chi connectivity index (χ3v) is 2.71. The molecule has 7 nitrogen and oxygen atoms in total. The number of nitrogens with two attached hydrogens (primary N) is 1. The Morgan fingerprint density at radius 3 is 2.75 bits per heavy atom. The average molecular weight is 274 g/mol. The fourth-order valence-corrected chi connectivity index (χ4v) is 1.88. The molecule has 0 bridgehead atoms. The van der Waals surface area contributed by atoms with Gasteiger partial charge in [-0.1, -0.05) is 0 Å². The molecule has 104 valence electrons. The maximum atomic E-state index is 5.67. The molecule has 1 aliphatic heterocycles. The fraction of sp³-hybridized carbons (Fsp3) is 0.308. The number of rotatable bonds is 3. The van der Waals surface area contributed by atoms with Gasteiger partial charge in [0.2, 0.25) is 5.95 Å². The van der Waals surface area contributed by atoms with E-state index >= 15 is 0 Å². The van der Waals surface area contributed by atoms with Crippen molar-refractivity contribution in [2.75, 3.05) is 25.6 Å². The largest absolute Gasteiger partial charge is 0.486 e. The summed E-state index contributed by atoms with van der Waals surface area (Å²) in [5, 5.41) is 0. The molecule has 0 radical (unpaired) electrons. The van der Waals surface area contributed by atoms with Crippen LogP contribution in [0.15, 0.2) is 18.2 Å². The highest BCUT2D eigenvalue weighted by Gasteiger charge is 2.14. The first kappa shape index (κ1) is 12.5. The smallest absolute Gasteiger partial charge is 0.321 e. The molecule has 0 spiro atoms. The molecule has 3 rings (SSSR count). The summed E-state index contributed by atoms with van der Waals surface area (Å²) < 4.78 is 16.3. The van der Waals surface area contributed by atoms with Crippen molar-refractivity contribution >= 4 is 5.95 Å². The van der Waals surface area contributed by atoms with Gasteiger partial charge in [0.25, 0.3) is 0 Å². The standard InChI is InChI=1S/C13H14N4O3/c1-2-18-13-16-11(15-12(14)17-13)8-3-4-9-10(7-8)20-6-5-19-9/h3-4,7H,2,5-6H2,1H3,(H2,14,15,16,17). The molecular formula is C13H14N4O3. The summed E-state index contributed by atoms with van der Waals surface area (Å²) in [5.74, 6) is 1.95. The molecule has 0 fully saturated rings. The van der Waals surface area contributed by atoms with Crippen LogP contribution in [0.4, 0.5) is 5.95 Å². The SMILES string of the molecule is CCOc1nc(N)nc(-c2ccc3c(c2)OCCO3)n1. The first-order chi connectivity index (χ1) is 9.76. The van der Waals surface area contributed by atoms with E-state index in [1.807, 2.05) is 25.1 Å². The third kappa shape index (κ3) is 2.42. The van der Waals surface area contributed by atoms with Crippen molar-refractivity contribution in [3.8, 4) is 28.9 Å². The Morgan fingerprint density at radius 1 is 1.15 bits per heavy atom. The molecule has 1 aromatic heterocycles. The summed E-state index contributed by atoms with van der Waals surface area (Å²) in [6, 6.07) is 5.70. The molecule has 0 amide bonds. The van der Waals surface area contributed by atoms with Crippen LogP contribution in [0.2, 0.25) is 0 Å². The number of fused-ring (bicyclic) bond motifs is 1. The number of aromatic nitrogens is 3. The molecule has 0 saturated carbocycles. The molecule has 0 aliphatic carbocycles. The number of hydrogen-bond acceptors (Lipinski definition) is 7. The summed E-state index contributed by atoms with van der Waals surface area (Å²) in [6.45, 7) is 3.40. The predicted molar refractivity (Wildman–Crippen MR) is 71.8 cm³/mol. The Labute approximate surface area is 115 Å². The molecule has 0 atom stereocenters. The van der Waals surface area contributed by atoms with Crippen LogP contribution in [0.25, 0.3) is 11.4 Å². The lowest BCUT2D eigenvalue weighted by atomic mass is 10.2. The van der Waals surface area contributed by atoms with E-state index in [4.69, 9.17) is 19.9 Å². The molecule has 1 aliphatic rings. The topological polar surface area (TPSA) is 92.4 Å². The van der Waals surface area contributed by atoms with Crippen LogP contribution in [0.5, 0.6) is 17.5 Å². The minimum Gasteiger partial charge on any atom is -0.486 e. The lowest BCUT2D eigenvalue weighted by Gasteiger charge is -2.18. The first-order valence-electron chi connectivity index (χ1n) is 6.30. The quantitative estimate of drug-likeness (QED) is 0.901. The van der Waals surface area contributed by atoms with Crippen LogP contribution in [0, 0.1) is 0 Å². The Bertz CT molecular complexity index is 633. The van der Waals surface area contributed by atoms with Gasteiger partial charge >= 0.3 is 6.01 Å². The third-order valence-electron chi connectivity index (χ3n) is 2.71. The number of nitrogen functional groups attached to an aromatic ring is 1. The van der Waals surface area contributed by atoms with Gasteiger partial charge in [-0.05, 0) is 25.1 Å². The van der Waals surface area contributed by atoms with Gasteiger partial charge in [0, 0.05) is 5.56 Å². The maximum Gasteiger partial charge on any atom is 0.321 e. The molecule has 7 heteroatoms. The van der Waals surface area contributed by atoms with Crippen molar-refractivity contribution in [3.05, 3.63) is 18.2 Å². The summed E-state index contributed by atoms with van der Waals surface area (Å²) in [7, 11) is 0. The Kier molecular flexibility index (Phi) is 3.24. The van der Waals surface area contributed by atoms with Crippen LogP contribution >= 0.6 is 0 Å². The van der Waals surface area contributed by atoms with Crippen molar-refractivity contribution in [2.24, 2.45) is 0 Å². The van der Waals surface area contributed by atoms with E-state index in [1.165, 1.54) is 0 Å². The number of hydrogen-bond donors (Lipinski definition) is 1. The first-order valence-corrected chi connectivity index (χ1v) is 6.30. The fourth-order valence-electron chi connectivity index (χ4n) is 1.88. The Balaban J connectivity index is 1.99. The summed E-state index contributed by atoms with van der Waals surface area (Å²) in [5.41, 5.74) is 6.43. The highest BCUT2D eigenvalue weighted by atomic mass is 16.6. The monoisotopic (exact) mass is 274 g/mol. The van der Waals surface area contributed by atoms with E-state index in [2.05, 4.69) is 15.0 Å². The molecule has 2 heterocycles. The van der Waals surface area contributed by atoms with E-state index in [0.717, 1.165) is 5.56 Å². The van der Waals surface area contributed by atoms with Crippen LogP contribution in [-0.2, 0) is 0 Å². The van der Waals surface area contributed by atoms with Gasteiger partial charge in [0.05, 0.1) is 6.61 Å². The number of nitrogens with zero attached hydrogens (tertiary/aromatic N) is 3. The Hall–Kier alpha value is -2.57. The second-order valence-electron chi connectivity index (χ2n) is 4.09. The number of benzene rings is 1. The van der Waals surface area contributed by atoms with Gasteiger partial charge in [0.15, 0.2) is 17.3 Å². The van der Waals surface area contributed by atoms with Crippen molar-refractivity contribution in [1.29, 1.82) is 0 Å². The van der Waals surface area contributed by atoms with E-state index in [0.29, 0.717) is 37.1 Å². The van der Waals surface area contributed by atoms with Gasteiger partial charge < -0.3 is 19.9 Å². The van der Waals surface area contributed by atoms with E-state index in [9.17, 15) is 0 Å². The normalized spacial score (nSPS) is 13.1. The summed E-state index contributed by atoms with van der Waals surface area (Å²) in [4.78, 5) is 12.3. The highest BCUT2D eigenvalue weighted by Crippen LogP contribution is 2.33.